The zero-order valence-corrected chi connectivity index (χ0v) is 12.2. The van der Waals surface area contributed by atoms with Gasteiger partial charge in [-0.1, -0.05) is 0 Å². The summed E-state index contributed by atoms with van der Waals surface area (Å²) in [5, 5.41) is 2.94. The van der Waals surface area contributed by atoms with Gasteiger partial charge in [-0.15, -0.1) is 11.3 Å². The monoisotopic (exact) mass is 322 g/mol. The SMILES string of the molecule is NC(=O)c1c(NC(=O)c2ccc(F)c(F)c2)sc2c1CCC2. The molecule has 0 unspecified atom stereocenters. The lowest BCUT2D eigenvalue weighted by molar-refractivity contribution is 0.100. The van der Waals surface area contributed by atoms with Gasteiger partial charge in [0.1, 0.15) is 5.00 Å². The Labute approximate surface area is 128 Å². The van der Waals surface area contributed by atoms with Crippen LogP contribution in [-0.4, -0.2) is 11.8 Å². The summed E-state index contributed by atoms with van der Waals surface area (Å²) >= 11 is 1.31. The number of nitrogens with two attached hydrogens (primary N) is 1. The van der Waals surface area contributed by atoms with Crippen LogP contribution in [0.4, 0.5) is 13.8 Å². The second-order valence-electron chi connectivity index (χ2n) is 5.01. The average molecular weight is 322 g/mol. The number of thiophene rings is 1. The molecule has 2 aromatic rings. The number of primary amides is 1. The molecule has 1 aromatic carbocycles. The van der Waals surface area contributed by atoms with Crippen molar-refractivity contribution >= 4 is 28.2 Å². The maximum Gasteiger partial charge on any atom is 0.256 e. The molecule has 1 heterocycles. The first-order valence-electron chi connectivity index (χ1n) is 6.68. The summed E-state index contributed by atoms with van der Waals surface area (Å²) in [5.74, 6) is -3.33. The molecule has 1 aliphatic carbocycles. The summed E-state index contributed by atoms with van der Waals surface area (Å²) in [5.41, 5.74) is 6.59. The van der Waals surface area contributed by atoms with Crippen molar-refractivity contribution in [2.75, 3.05) is 5.32 Å². The zero-order valence-electron chi connectivity index (χ0n) is 11.4. The Kier molecular flexibility index (Phi) is 3.66. The van der Waals surface area contributed by atoms with E-state index >= 15 is 0 Å². The van der Waals surface area contributed by atoms with Crippen LogP contribution < -0.4 is 11.1 Å². The number of nitrogens with one attached hydrogen (secondary N) is 1. The van der Waals surface area contributed by atoms with E-state index in [9.17, 15) is 18.4 Å². The molecule has 114 valence electrons. The Morgan fingerprint density at radius 3 is 2.64 bits per heavy atom. The fraction of sp³-hybridized carbons (Fsp3) is 0.200. The van der Waals surface area contributed by atoms with Crippen LogP contribution in [0.2, 0.25) is 0 Å². The molecule has 2 amide bonds. The number of benzene rings is 1. The van der Waals surface area contributed by atoms with Gasteiger partial charge in [0, 0.05) is 10.4 Å². The average Bonchev–Trinajstić information content (AvgIpc) is 3.01. The second-order valence-corrected chi connectivity index (χ2v) is 6.11. The number of fused-ring (bicyclic) bond motifs is 1. The largest absolute Gasteiger partial charge is 0.365 e. The molecule has 0 radical (unpaired) electrons. The lowest BCUT2D eigenvalue weighted by Crippen LogP contribution is -2.18. The Hall–Kier alpha value is -2.28. The van der Waals surface area contributed by atoms with E-state index in [1.807, 2.05) is 0 Å². The number of aryl methyl sites for hydroxylation is 1. The first-order chi connectivity index (χ1) is 10.5. The fourth-order valence-electron chi connectivity index (χ4n) is 2.57. The van der Waals surface area contributed by atoms with E-state index in [2.05, 4.69) is 5.32 Å². The third-order valence-electron chi connectivity index (χ3n) is 3.58. The van der Waals surface area contributed by atoms with Gasteiger partial charge < -0.3 is 11.1 Å². The van der Waals surface area contributed by atoms with Crippen molar-refractivity contribution in [3.05, 3.63) is 51.4 Å². The third kappa shape index (κ3) is 2.48. The first-order valence-corrected chi connectivity index (χ1v) is 7.49. The van der Waals surface area contributed by atoms with Crippen LogP contribution in [-0.2, 0) is 12.8 Å². The van der Waals surface area contributed by atoms with E-state index in [0.29, 0.717) is 10.6 Å². The molecule has 4 nitrogen and oxygen atoms in total. The molecule has 7 heteroatoms. The summed E-state index contributed by atoms with van der Waals surface area (Å²) in [6, 6.07) is 2.88. The minimum Gasteiger partial charge on any atom is -0.365 e. The van der Waals surface area contributed by atoms with Crippen molar-refractivity contribution in [3.63, 3.8) is 0 Å². The minimum absolute atomic E-state index is 0.0251. The van der Waals surface area contributed by atoms with E-state index in [0.717, 1.165) is 41.8 Å². The Bertz CT molecular complexity index is 786. The third-order valence-corrected chi connectivity index (χ3v) is 4.78. The molecule has 1 aliphatic rings. The molecule has 0 atom stereocenters. The van der Waals surface area contributed by atoms with Crippen molar-refractivity contribution in [2.45, 2.75) is 19.3 Å². The molecule has 0 bridgehead atoms. The van der Waals surface area contributed by atoms with Crippen LogP contribution in [0.3, 0.4) is 0 Å². The van der Waals surface area contributed by atoms with Gasteiger partial charge in [-0.3, -0.25) is 9.59 Å². The second kappa shape index (κ2) is 5.49. The van der Waals surface area contributed by atoms with E-state index in [4.69, 9.17) is 5.73 Å². The van der Waals surface area contributed by atoms with Crippen molar-refractivity contribution in [3.8, 4) is 0 Å². The summed E-state index contributed by atoms with van der Waals surface area (Å²) in [6.07, 6.45) is 2.56. The maximum atomic E-state index is 13.2. The molecule has 0 saturated heterocycles. The van der Waals surface area contributed by atoms with Crippen LogP contribution in [0.1, 0.15) is 37.6 Å². The van der Waals surface area contributed by atoms with Crippen LogP contribution in [0, 0.1) is 11.6 Å². The van der Waals surface area contributed by atoms with Crippen LogP contribution in [0.15, 0.2) is 18.2 Å². The highest BCUT2D eigenvalue weighted by molar-refractivity contribution is 7.17. The smallest absolute Gasteiger partial charge is 0.256 e. The Morgan fingerprint density at radius 2 is 1.95 bits per heavy atom. The Morgan fingerprint density at radius 1 is 1.18 bits per heavy atom. The molecular weight excluding hydrogens is 310 g/mol. The molecule has 0 fully saturated rings. The standard InChI is InChI=1S/C15H12F2N2O2S/c16-9-5-4-7(6-10(9)17)14(21)19-15-12(13(18)20)8-2-1-3-11(8)22-15/h4-6H,1-3H2,(H2,18,20)(H,19,21). The highest BCUT2D eigenvalue weighted by Gasteiger charge is 2.26. The highest BCUT2D eigenvalue weighted by atomic mass is 32.1. The van der Waals surface area contributed by atoms with Gasteiger partial charge in [-0.2, -0.15) is 0 Å². The van der Waals surface area contributed by atoms with Gasteiger partial charge in [0.2, 0.25) is 0 Å². The zero-order chi connectivity index (χ0) is 15.9. The molecular formula is C15H12F2N2O2S. The quantitative estimate of drug-likeness (QED) is 0.912. The van der Waals surface area contributed by atoms with Crippen molar-refractivity contribution in [2.24, 2.45) is 5.73 Å². The van der Waals surface area contributed by atoms with E-state index in [1.165, 1.54) is 17.4 Å². The van der Waals surface area contributed by atoms with Gasteiger partial charge >= 0.3 is 0 Å². The number of hydrogen-bond donors (Lipinski definition) is 2. The number of halogens is 2. The topological polar surface area (TPSA) is 72.2 Å². The fourth-order valence-corrected chi connectivity index (χ4v) is 3.86. The minimum atomic E-state index is -1.10. The summed E-state index contributed by atoms with van der Waals surface area (Å²) in [7, 11) is 0. The van der Waals surface area contributed by atoms with Crippen molar-refractivity contribution < 1.29 is 18.4 Å². The molecule has 3 N–H and O–H groups in total. The summed E-state index contributed by atoms with van der Waals surface area (Å²) < 4.78 is 26.1. The molecule has 3 rings (SSSR count). The molecule has 22 heavy (non-hydrogen) atoms. The first kappa shape index (κ1) is 14.6. The molecule has 0 aliphatic heterocycles. The van der Waals surface area contributed by atoms with E-state index in [-0.39, 0.29) is 5.56 Å². The van der Waals surface area contributed by atoms with Crippen molar-refractivity contribution in [1.82, 2.24) is 0 Å². The lowest BCUT2D eigenvalue weighted by atomic mass is 10.1. The number of carbonyl (C=O) groups is 2. The number of amides is 2. The van der Waals surface area contributed by atoms with E-state index in [1.54, 1.807) is 0 Å². The van der Waals surface area contributed by atoms with Crippen LogP contribution in [0.25, 0.3) is 0 Å². The molecule has 0 saturated carbocycles. The molecule has 0 spiro atoms. The highest BCUT2D eigenvalue weighted by Crippen LogP contribution is 2.39. The predicted octanol–water partition coefficient (Wildman–Crippen LogP) is 2.87. The van der Waals surface area contributed by atoms with Gasteiger partial charge in [-0.25, -0.2) is 8.78 Å². The van der Waals surface area contributed by atoms with Gasteiger partial charge in [0.25, 0.3) is 11.8 Å². The van der Waals surface area contributed by atoms with Gasteiger partial charge in [0.15, 0.2) is 11.6 Å². The van der Waals surface area contributed by atoms with Crippen molar-refractivity contribution in [1.29, 1.82) is 0 Å². The van der Waals surface area contributed by atoms with E-state index < -0.39 is 23.4 Å². The normalized spacial score (nSPS) is 13.0. The maximum absolute atomic E-state index is 13.2. The van der Waals surface area contributed by atoms with Gasteiger partial charge in [0.05, 0.1) is 5.56 Å². The lowest BCUT2D eigenvalue weighted by Gasteiger charge is -2.06. The number of rotatable bonds is 3. The number of anilines is 1. The predicted molar refractivity (Wildman–Crippen MR) is 79.2 cm³/mol. The number of carbonyl (C=O) groups excluding carboxylic acids is 2. The number of hydrogen-bond acceptors (Lipinski definition) is 3. The van der Waals surface area contributed by atoms with Gasteiger partial charge in [-0.05, 0) is 43.0 Å². The summed E-state index contributed by atoms with van der Waals surface area (Å²) in [6.45, 7) is 0. The summed E-state index contributed by atoms with van der Waals surface area (Å²) in [4.78, 5) is 24.8. The molecule has 1 aromatic heterocycles. The van der Waals surface area contributed by atoms with Crippen LogP contribution in [0.5, 0.6) is 0 Å². The van der Waals surface area contributed by atoms with Crippen LogP contribution >= 0.6 is 11.3 Å². The Balaban J connectivity index is 1.91.